The van der Waals surface area contributed by atoms with Gasteiger partial charge in [-0.25, -0.2) is 4.39 Å². The minimum absolute atomic E-state index is 0.183. The zero-order valence-corrected chi connectivity index (χ0v) is 9.99. The molecule has 0 N–H and O–H groups in total. The third-order valence-electron chi connectivity index (χ3n) is 2.69. The van der Waals surface area contributed by atoms with Crippen LogP contribution in [0.2, 0.25) is 0 Å². The van der Waals surface area contributed by atoms with E-state index in [-0.39, 0.29) is 11.7 Å². The molecule has 0 saturated heterocycles. The van der Waals surface area contributed by atoms with Gasteiger partial charge in [0.05, 0.1) is 5.88 Å². The topological polar surface area (TPSA) is 38.9 Å². The Labute approximate surface area is 107 Å². The van der Waals surface area contributed by atoms with E-state index in [4.69, 9.17) is 16.1 Å². The van der Waals surface area contributed by atoms with Gasteiger partial charge in [0.1, 0.15) is 5.82 Å². The standard InChI is InChI=1S/C13H8ClFN2O/c14-7-12-16-13(18-17-12)10-5-6-11(15)9-4-2-1-3-8(9)10/h1-6H,7H2. The molecule has 0 saturated carbocycles. The molecule has 0 aliphatic carbocycles. The van der Waals surface area contributed by atoms with Crippen molar-refractivity contribution >= 4 is 22.4 Å². The highest BCUT2D eigenvalue weighted by Gasteiger charge is 2.13. The Hall–Kier alpha value is -1.94. The van der Waals surface area contributed by atoms with Crippen LogP contribution >= 0.6 is 11.6 Å². The van der Waals surface area contributed by atoms with Crippen molar-refractivity contribution in [2.75, 3.05) is 0 Å². The molecule has 0 unspecified atom stereocenters. The zero-order chi connectivity index (χ0) is 12.5. The monoisotopic (exact) mass is 262 g/mol. The predicted octanol–water partition coefficient (Wildman–Crippen LogP) is 3.77. The normalized spacial score (nSPS) is 11.0. The van der Waals surface area contributed by atoms with Crippen LogP contribution in [0.5, 0.6) is 0 Å². The first kappa shape index (κ1) is 11.2. The predicted molar refractivity (Wildman–Crippen MR) is 66.8 cm³/mol. The van der Waals surface area contributed by atoms with E-state index in [2.05, 4.69) is 10.1 Å². The molecule has 3 rings (SSSR count). The molecule has 0 radical (unpaired) electrons. The highest BCUT2D eigenvalue weighted by molar-refractivity contribution is 6.16. The summed E-state index contributed by atoms with van der Waals surface area (Å²) < 4.78 is 18.8. The van der Waals surface area contributed by atoms with Crippen LogP contribution in [0.25, 0.3) is 22.2 Å². The second-order valence-corrected chi connectivity index (χ2v) is 4.06. The molecule has 0 fully saturated rings. The molecule has 1 aromatic heterocycles. The second-order valence-electron chi connectivity index (χ2n) is 3.79. The maximum Gasteiger partial charge on any atom is 0.258 e. The number of rotatable bonds is 2. The molecular weight excluding hydrogens is 255 g/mol. The van der Waals surface area contributed by atoms with E-state index in [1.165, 1.54) is 6.07 Å². The molecule has 2 aromatic carbocycles. The lowest BCUT2D eigenvalue weighted by atomic mass is 10.0. The third-order valence-corrected chi connectivity index (χ3v) is 2.93. The van der Waals surface area contributed by atoms with Crippen molar-refractivity contribution in [3.8, 4) is 11.5 Å². The van der Waals surface area contributed by atoms with E-state index in [0.29, 0.717) is 22.7 Å². The van der Waals surface area contributed by atoms with Crippen molar-refractivity contribution in [3.63, 3.8) is 0 Å². The number of halogens is 2. The van der Waals surface area contributed by atoms with Gasteiger partial charge in [0.25, 0.3) is 5.89 Å². The van der Waals surface area contributed by atoms with Crippen LogP contribution in [0.3, 0.4) is 0 Å². The van der Waals surface area contributed by atoms with Crippen molar-refractivity contribution in [3.05, 3.63) is 48.0 Å². The van der Waals surface area contributed by atoms with Crippen molar-refractivity contribution < 1.29 is 8.91 Å². The van der Waals surface area contributed by atoms with Gasteiger partial charge in [-0.2, -0.15) is 4.98 Å². The van der Waals surface area contributed by atoms with Crippen LogP contribution in [0.4, 0.5) is 4.39 Å². The fraction of sp³-hybridized carbons (Fsp3) is 0.0769. The highest BCUT2D eigenvalue weighted by atomic mass is 35.5. The zero-order valence-electron chi connectivity index (χ0n) is 9.23. The molecule has 0 aliphatic heterocycles. The molecule has 1 heterocycles. The van der Waals surface area contributed by atoms with E-state index in [1.807, 2.05) is 12.1 Å². The van der Waals surface area contributed by atoms with Gasteiger partial charge in [-0.3, -0.25) is 0 Å². The largest absolute Gasteiger partial charge is 0.334 e. The Morgan fingerprint density at radius 2 is 1.89 bits per heavy atom. The molecule has 0 bridgehead atoms. The molecule has 0 aliphatic rings. The van der Waals surface area contributed by atoms with Gasteiger partial charge in [-0.15, -0.1) is 11.6 Å². The molecule has 5 heteroatoms. The van der Waals surface area contributed by atoms with Gasteiger partial charge in [0, 0.05) is 10.9 Å². The van der Waals surface area contributed by atoms with Crippen molar-refractivity contribution in [2.24, 2.45) is 0 Å². The summed E-state index contributed by atoms with van der Waals surface area (Å²) >= 11 is 5.63. The summed E-state index contributed by atoms with van der Waals surface area (Å²) in [4.78, 5) is 4.15. The fourth-order valence-electron chi connectivity index (χ4n) is 1.87. The molecule has 3 aromatic rings. The van der Waals surface area contributed by atoms with E-state index < -0.39 is 0 Å². The van der Waals surface area contributed by atoms with Crippen LogP contribution in [0.1, 0.15) is 5.82 Å². The van der Waals surface area contributed by atoms with E-state index in [0.717, 1.165) is 5.39 Å². The minimum atomic E-state index is -0.272. The van der Waals surface area contributed by atoms with Gasteiger partial charge in [-0.05, 0) is 17.5 Å². The smallest absolute Gasteiger partial charge is 0.258 e. The number of alkyl halides is 1. The maximum atomic E-state index is 13.7. The van der Waals surface area contributed by atoms with Crippen molar-refractivity contribution in [1.29, 1.82) is 0 Å². The number of aromatic nitrogens is 2. The lowest BCUT2D eigenvalue weighted by molar-refractivity contribution is 0.425. The van der Waals surface area contributed by atoms with Gasteiger partial charge in [-0.1, -0.05) is 29.4 Å². The summed E-state index contributed by atoms with van der Waals surface area (Å²) in [7, 11) is 0. The number of hydrogen-bond acceptors (Lipinski definition) is 3. The molecule has 90 valence electrons. The molecule has 0 spiro atoms. The SMILES string of the molecule is Fc1ccc(-c2nc(CCl)no2)c2ccccc12. The Morgan fingerprint density at radius 1 is 1.11 bits per heavy atom. The first-order valence-corrected chi connectivity index (χ1v) is 5.89. The van der Waals surface area contributed by atoms with E-state index in [1.54, 1.807) is 18.2 Å². The summed E-state index contributed by atoms with van der Waals surface area (Å²) in [6.07, 6.45) is 0. The quantitative estimate of drug-likeness (QED) is 0.660. The third kappa shape index (κ3) is 1.75. The Kier molecular flexibility index (Phi) is 2.72. The number of hydrogen-bond donors (Lipinski definition) is 0. The number of benzene rings is 2. The number of fused-ring (bicyclic) bond motifs is 1. The van der Waals surface area contributed by atoms with Gasteiger partial charge < -0.3 is 4.52 Å². The van der Waals surface area contributed by atoms with Crippen LogP contribution in [-0.4, -0.2) is 10.1 Å². The van der Waals surface area contributed by atoms with Gasteiger partial charge >= 0.3 is 0 Å². The van der Waals surface area contributed by atoms with Crippen LogP contribution in [0, 0.1) is 5.82 Å². The van der Waals surface area contributed by atoms with Crippen molar-refractivity contribution in [1.82, 2.24) is 10.1 Å². The molecule has 0 amide bonds. The Balaban J connectivity index is 2.26. The lowest BCUT2D eigenvalue weighted by Gasteiger charge is -2.03. The summed E-state index contributed by atoms with van der Waals surface area (Å²) in [5, 5.41) is 5.00. The van der Waals surface area contributed by atoms with E-state index >= 15 is 0 Å². The molecule has 18 heavy (non-hydrogen) atoms. The van der Waals surface area contributed by atoms with Crippen molar-refractivity contribution in [2.45, 2.75) is 5.88 Å². The second kappa shape index (κ2) is 4.38. The summed E-state index contributed by atoms with van der Waals surface area (Å²) in [5.74, 6) is 0.677. The molecule has 0 atom stereocenters. The average Bonchev–Trinajstić information content (AvgIpc) is 2.88. The number of nitrogens with zero attached hydrogens (tertiary/aromatic N) is 2. The summed E-state index contributed by atoms with van der Waals surface area (Å²) in [6, 6.07) is 10.2. The van der Waals surface area contributed by atoms with Gasteiger partial charge in [0.15, 0.2) is 5.82 Å². The van der Waals surface area contributed by atoms with Crippen LogP contribution in [-0.2, 0) is 5.88 Å². The van der Waals surface area contributed by atoms with Crippen LogP contribution in [0.15, 0.2) is 40.9 Å². The Morgan fingerprint density at radius 3 is 2.61 bits per heavy atom. The first-order valence-electron chi connectivity index (χ1n) is 5.36. The average molecular weight is 263 g/mol. The molecule has 3 nitrogen and oxygen atoms in total. The lowest BCUT2D eigenvalue weighted by Crippen LogP contribution is -1.85. The molecular formula is C13H8ClFN2O. The fourth-order valence-corrected chi connectivity index (χ4v) is 1.97. The first-order chi connectivity index (χ1) is 8.79. The van der Waals surface area contributed by atoms with Gasteiger partial charge in [0.2, 0.25) is 0 Å². The highest BCUT2D eigenvalue weighted by Crippen LogP contribution is 2.29. The summed E-state index contributed by atoms with van der Waals surface area (Å²) in [5.41, 5.74) is 0.705. The minimum Gasteiger partial charge on any atom is -0.334 e. The maximum absolute atomic E-state index is 13.7. The Bertz CT molecular complexity index is 711. The van der Waals surface area contributed by atoms with Crippen LogP contribution < -0.4 is 0 Å². The summed E-state index contributed by atoms with van der Waals surface area (Å²) in [6.45, 7) is 0. The van der Waals surface area contributed by atoms with E-state index in [9.17, 15) is 4.39 Å².